The zero-order valence-corrected chi connectivity index (χ0v) is 15.1. The monoisotopic (exact) mass is 409 g/mol. The molecule has 5 N–H and O–H groups in total. The third kappa shape index (κ3) is 4.22. The van der Waals surface area contributed by atoms with Crippen molar-refractivity contribution < 1.29 is 43.9 Å². The van der Waals surface area contributed by atoms with Crippen LogP contribution in [0.1, 0.15) is 5.56 Å². The first kappa shape index (κ1) is 20.7. The minimum atomic E-state index is -1.84. The van der Waals surface area contributed by atoms with E-state index in [9.17, 15) is 29.7 Å². The Labute approximate surface area is 163 Å². The summed E-state index contributed by atoms with van der Waals surface area (Å²) in [6.45, 7) is 0. The van der Waals surface area contributed by atoms with Gasteiger partial charge in [0.15, 0.2) is 6.10 Å². The topological polar surface area (TPSA) is 176 Å². The summed E-state index contributed by atoms with van der Waals surface area (Å²) < 4.78 is 15.6. The number of carbonyl (C=O) groups is 2. The number of hydrogen-bond donors (Lipinski definition) is 5. The van der Waals surface area contributed by atoms with E-state index < -0.39 is 42.3 Å². The molecule has 1 amide bonds. The van der Waals surface area contributed by atoms with E-state index in [1.807, 2.05) is 0 Å². The van der Waals surface area contributed by atoms with Crippen molar-refractivity contribution in [2.45, 2.75) is 37.1 Å². The number of rotatable bonds is 5. The van der Waals surface area contributed by atoms with Gasteiger partial charge in [0.05, 0.1) is 6.42 Å². The first-order chi connectivity index (χ1) is 13.7. The Hall–Kier alpha value is -2.99. The van der Waals surface area contributed by atoms with Crippen molar-refractivity contribution >= 4 is 22.8 Å². The number of aliphatic carboxylic acids is 1. The molecule has 4 unspecified atom stereocenters. The molecule has 3 rings (SSSR count). The zero-order valence-electron chi connectivity index (χ0n) is 15.1. The Kier molecular flexibility index (Phi) is 5.84. The van der Waals surface area contributed by atoms with Crippen LogP contribution in [0.5, 0.6) is 5.75 Å². The summed E-state index contributed by atoms with van der Waals surface area (Å²) in [7, 11) is 1.47. The van der Waals surface area contributed by atoms with Gasteiger partial charge >= 0.3 is 11.6 Å². The van der Waals surface area contributed by atoms with E-state index >= 15 is 0 Å². The first-order valence-electron chi connectivity index (χ1n) is 8.57. The number of benzene rings is 1. The van der Waals surface area contributed by atoms with E-state index in [0.29, 0.717) is 10.9 Å². The number of amides is 1. The molecule has 1 fully saturated rings. The lowest BCUT2D eigenvalue weighted by atomic mass is 9.99. The van der Waals surface area contributed by atoms with E-state index in [1.165, 1.54) is 31.3 Å². The number of aliphatic hydroxyl groups excluding tert-OH is 3. The molecule has 1 saturated heterocycles. The molecule has 1 aromatic heterocycles. The zero-order chi connectivity index (χ0) is 21.3. The highest BCUT2D eigenvalue weighted by Crippen LogP contribution is 2.27. The fraction of sp³-hybridized carbons (Fsp3) is 0.389. The van der Waals surface area contributed by atoms with Gasteiger partial charge in [0.1, 0.15) is 29.6 Å². The molecule has 29 heavy (non-hydrogen) atoms. The third-order valence-electron chi connectivity index (χ3n) is 4.50. The second-order valence-corrected chi connectivity index (χ2v) is 6.45. The van der Waals surface area contributed by atoms with Gasteiger partial charge in [-0.05, 0) is 17.7 Å². The highest BCUT2D eigenvalue weighted by Gasteiger charge is 2.48. The van der Waals surface area contributed by atoms with Crippen molar-refractivity contribution in [1.82, 2.24) is 5.32 Å². The Morgan fingerprint density at radius 2 is 1.86 bits per heavy atom. The van der Waals surface area contributed by atoms with Gasteiger partial charge in [0.2, 0.25) is 12.2 Å². The van der Waals surface area contributed by atoms with E-state index in [-0.39, 0.29) is 23.7 Å². The van der Waals surface area contributed by atoms with Crippen LogP contribution in [-0.4, -0.2) is 70.1 Å². The molecule has 1 aliphatic heterocycles. The molecule has 0 aliphatic carbocycles. The molecule has 0 radical (unpaired) electrons. The van der Waals surface area contributed by atoms with Crippen LogP contribution in [0.4, 0.5) is 0 Å². The average Bonchev–Trinajstić information content (AvgIpc) is 2.67. The van der Waals surface area contributed by atoms with Crippen molar-refractivity contribution in [3.05, 3.63) is 40.2 Å². The third-order valence-corrected chi connectivity index (χ3v) is 4.50. The van der Waals surface area contributed by atoms with E-state index in [2.05, 4.69) is 5.32 Å². The lowest BCUT2D eigenvalue weighted by molar-refractivity contribution is -0.271. The maximum absolute atomic E-state index is 11.8. The normalized spacial score (nSPS) is 26.8. The Morgan fingerprint density at radius 1 is 1.14 bits per heavy atom. The van der Waals surface area contributed by atoms with Gasteiger partial charge in [0.25, 0.3) is 0 Å². The first-order valence-corrected chi connectivity index (χ1v) is 8.57. The molecule has 2 heterocycles. The predicted molar refractivity (Wildman–Crippen MR) is 95.2 cm³/mol. The molecule has 11 nitrogen and oxygen atoms in total. The van der Waals surface area contributed by atoms with Crippen LogP contribution in [-0.2, 0) is 20.7 Å². The van der Waals surface area contributed by atoms with Gasteiger partial charge in [0, 0.05) is 24.6 Å². The molecule has 1 aromatic carbocycles. The molecule has 5 atom stereocenters. The summed E-state index contributed by atoms with van der Waals surface area (Å²) in [5.41, 5.74) is -0.165. The maximum atomic E-state index is 11.8. The summed E-state index contributed by atoms with van der Waals surface area (Å²) >= 11 is 0. The number of hydrogen-bond acceptors (Lipinski definition) is 9. The number of ether oxygens (including phenoxy) is 2. The van der Waals surface area contributed by atoms with Gasteiger partial charge in [-0.3, -0.25) is 4.79 Å². The summed E-state index contributed by atoms with van der Waals surface area (Å²) in [6.07, 6.45) is -8.85. The maximum Gasteiger partial charge on any atom is 0.336 e. The number of carbonyl (C=O) groups excluding carboxylic acids is 1. The van der Waals surface area contributed by atoms with Gasteiger partial charge in [-0.2, -0.15) is 0 Å². The summed E-state index contributed by atoms with van der Waals surface area (Å²) in [5, 5.41) is 41.6. The Bertz CT molecular complexity index is 986. The van der Waals surface area contributed by atoms with Crippen LogP contribution < -0.4 is 15.7 Å². The molecule has 0 spiro atoms. The second kappa shape index (κ2) is 8.17. The van der Waals surface area contributed by atoms with Gasteiger partial charge in [-0.1, -0.05) is 0 Å². The van der Waals surface area contributed by atoms with Crippen molar-refractivity contribution in [1.29, 1.82) is 0 Å². The minimum absolute atomic E-state index is 0.0366. The Morgan fingerprint density at radius 3 is 2.52 bits per heavy atom. The predicted octanol–water partition coefficient (Wildman–Crippen LogP) is -1.65. The SMILES string of the molecule is CNC(=O)Cc1cc(=O)oc2cc(OC3OC(C(=O)O)[C@@H](O)C(O)C3O)ccc12. The van der Waals surface area contributed by atoms with Crippen LogP contribution in [0.15, 0.2) is 33.5 Å². The molecule has 1 aliphatic rings. The molecule has 11 heteroatoms. The highest BCUT2D eigenvalue weighted by molar-refractivity contribution is 5.87. The number of carboxylic acid groups (broad SMARTS) is 1. The number of nitrogens with one attached hydrogen (secondary N) is 1. The molecule has 156 valence electrons. The fourth-order valence-corrected chi connectivity index (χ4v) is 2.97. The van der Waals surface area contributed by atoms with E-state index in [1.54, 1.807) is 0 Å². The van der Waals surface area contributed by atoms with Gasteiger partial charge < -0.3 is 39.6 Å². The number of aliphatic hydroxyl groups is 3. The van der Waals surface area contributed by atoms with Crippen molar-refractivity contribution in [2.75, 3.05) is 7.05 Å². The van der Waals surface area contributed by atoms with Crippen molar-refractivity contribution in [3.63, 3.8) is 0 Å². The highest BCUT2D eigenvalue weighted by atomic mass is 16.7. The van der Waals surface area contributed by atoms with Gasteiger partial charge in [-0.25, -0.2) is 9.59 Å². The van der Waals surface area contributed by atoms with Crippen molar-refractivity contribution in [2.24, 2.45) is 0 Å². The summed E-state index contributed by atoms with van der Waals surface area (Å²) in [4.78, 5) is 34.6. The minimum Gasteiger partial charge on any atom is -0.479 e. The van der Waals surface area contributed by atoms with Crippen LogP contribution >= 0.6 is 0 Å². The number of fused-ring (bicyclic) bond motifs is 1. The van der Waals surface area contributed by atoms with Crippen LogP contribution in [0, 0.1) is 0 Å². The van der Waals surface area contributed by atoms with Crippen LogP contribution in [0.3, 0.4) is 0 Å². The largest absolute Gasteiger partial charge is 0.479 e. The van der Waals surface area contributed by atoms with Gasteiger partial charge in [-0.15, -0.1) is 0 Å². The fourth-order valence-electron chi connectivity index (χ4n) is 2.97. The summed E-state index contributed by atoms with van der Waals surface area (Å²) in [5.74, 6) is -1.81. The molecule has 2 aromatic rings. The van der Waals surface area contributed by atoms with Crippen LogP contribution in [0.2, 0.25) is 0 Å². The van der Waals surface area contributed by atoms with Crippen LogP contribution in [0.25, 0.3) is 11.0 Å². The molecule has 0 saturated carbocycles. The van der Waals surface area contributed by atoms with E-state index in [0.717, 1.165) is 0 Å². The number of carboxylic acids is 1. The number of likely N-dealkylation sites (N-methyl/N-ethyl adjacent to an activating group) is 1. The van der Waals surface area contributed by atoms with Crippen molar-refractivity contribution in [3.8, 4) is 5.75 Å². The Balaban J connectivity index is 1.90. The lowest BCUT2D eigenvalue weighted by Gasteiger charge is -2.38. The molecular formula is C18H19NO10. The lowest BCUT2D eigenvalue weighted by Crippen LogP contribution is -2.61. The second-order valence-electron chi connectivity index (χ2n) is 6.45. The molecule has 0 bridgehead atoms. The smallest absolute Gasteiger partial charge is 0.336 e. The standard InChI is InChI=1S/C18H19NO10/c1-19-11(20)4-7-5-12(21)28-10-6-8(2-3-9(7)10)27-18-15(24)13(22)14(23)16(29-18)17(25)26/h2-3,5-6,13-16,18,22-24H,4H2,1H3,(H,19,20)(H,25,26)/t13?,14-,15?,16?,18?/m0/s1. The average molecular weight is 409 g/mol. The quantitative estimate of drug-likeness (QED) is 0.360. The van der Waals surface area contributed by atoms with E-state index in [4.69, 9.17) is 19.0 Å². The molecular weight excluding hydrogens is 390 g/mol. The summed E-state index contributed by atoms with van der Waals surface area (Å²) in [6, 6.07) is 5.44.